The summed E-state index contributed by atoms with van der Waals surface area (Å²) in [5, 5.41) is 20.3. The largest absolute Gasteiger partial charge is 0.393 e. The normalized spacial score (nSPS) is 37.7. The molecule has 0 aromatic heterocycles. The third kappa shape index (κ3) is 5.02. The predicted octanol–water partition coefficient (Wildman–Crippen LogP) is 6.76. The topological polar surface area (TPSA) is 40.5 Å². The number of hydrogen-bond donors (Lipinski definition) is 2. The van der Waals surface area contributed by atoms with Crippen molar-refractivity contribution < 1.29 is 10.2 Å². The number of aliphatic hydroxyl groups excluding tert-OH is 1. The fraction of sp³-hybridized carbons (Fsp3) is 0.714. The molecule has 3 saturated carbocycles. The van der Waals surface area contributed by atoms with E-state index in [-0.39, 0.29) is 12.0 Å². The van der Waals surface area contributed by atoms with Crippen LogP contribution in [0, 0.1) is 29.1 Å². The number of rotatable bonds is 5. The predicted molar refractivity (Wildman–Crippen MR) is 127 cm³/mol. The highest BCUT2D eigenvalue weighted by atomic mass is 16.3. The van der Waals surface area contributed by atoms with E-state index in [1.807, 2.05) is 13.8 Å². The molecular weight excluding hydrogens is 368 g/mol. The van der Waals surface area contributed by atoms with E-state index in [0.717, 1.165) is 19.3 Å². The molecule has 0 saturated heterocycles. The highest BCUT2D eigenvalue weighted by Crippen LogP contribution is 2.59. The van der Waals surface area contributed by atoms with Gasteiger partial charge in [-0.1, -0.05) is 62.8 Å². The Bertz CT molecular complexity index is 719. The second-order valence-electron chi connectivity index (χ2n) is 11.2. The van der Waals surface area contributed by atoms with Crippen LogP contribution in [0.2, 0.25) is 0 Å². The zero-order valence-corrected chi connectivity index (χ0v) is 20.0. The van der Waals surface area contributed by atoms with Gasteiger partial charge in [0, 0.05) is 5.92 Å². The Labute approximate surface area is 184 Å². The molecule has 30 heavy (non-hydrogen) atoms. The van der Waals surface area contributed by atoms with Crippen LogP contribution in [0.3, 0.4) is 0 Å². The molecule has 0 aliphatic heterocycles. The number of allylic oxidation sites excluding steroid dienone is 5. The fourth-order valence-electron chi connectivity index (χ4n) is 6.25. The highest BCUT2D eigenvalue weighted by Gasteiger charge is 2.50. The quantitative estimate of drug-likeness (QED) is 0.490. The molecule has 0 amide bonds. The minimum atomic E-state index is -0.663. The van der Waals surface area contributed by atoms with E-state index in [0.29, 0.717) is 23.2 Å². The van der Waals surface area contributed by atoms with Crippen LogP contribution in [0.25, 0.3) is 0 Å². The summed E-state index contributed by atoms with van der Waals surface area (Å²) in [7, 11) is 0. The zero-order valence-electron chi connectivity index (χ0n) is 20.0. The van der Waals surface area contributed by atoms with Crippen molar-refractivity contribution in [1.82, 2.24) is 0 Å². The van der Waals surface area contributed by atoms with Crippen LogP contribution in [-0.2, 0) is 0 Å². The Morgan fingerprint density at radius 3 is 2.53 bits per heavy atom. The third-order valence-corrected chi connectivity index (χ3v) is 8.68. The summed E-state index contributed by atoms with van der Waals surface area (Å²) in [6.07, 6.45) is 18.0. The molecule has 0 unspecified atom stereocenters. The lowest BCUT2D eigenvalue weighted by atomic mass is 9.61. The second-order valence-corrected chi connectivity index (χ2v) is 11.2. The zero-order chi connectivity index (χ0) is 22.1. The average molecular weight is 413 g/mol. The van der Waals surface area contributed by atoms with E-state index in [9.17, 15) is 10.2 Å². The van der Waals surface area contributed by atoms with Gasteiger partial charge in [0.05, 0.1) is 11.7 Å². The molecule has 2 N–H and O–H groups in total. The molecule has 0 heterocycles. The van der Waals surface area contributed by atoms with Gasteiger partial charge in [-0.25, -0.2) is 0 Å². The molecule has 168 valence electrons. The number of aliphatic hydroxyl groups is 2. The standard InChI is InChI=1S/C28H44O2/c1-19-10-14-24(29)18-23(19)13-12-22-8-7-17-28(6)25(15-16-26(22)28)20(2)9-11-21(3)27(4,5)30/h9,11-13,20-21,24-26,29-30H,1,7-8,10,14-18H2,2-6H3/b11-9+,22-12+,23-13-/t20-,21-,24+,25-,26+,28-/m1/s1. The van der Waals surface area contributed by atoms with Crippen molar-refractivity contribution in [3.05, 3.63) is 47.6 Å². The van der Waals surface area contributed by atoms with Crippen LogP contribution in [-0.4, -0.2) is 21.9 Å². The van der Waals surface area contributed by atoms with Gasteiger partial charge in [0.2, 0.25) is 0 Å². The van der Waals surface area contributed by atoms with Crippen LogP contribution in [0.5, 0.6) is 0 Å². The van der Waals surface area contributed by atoms with Crippen molar-refractivity contribution in [2.24, 2.45) is 29.1 Å². The first-order valence-corrected chi connectivity index (χ1v) is 12.2. The number of hydrogen-bond acceptors (Lipinski definition) is 2. The van der Waals surface area contributed by atoms with Crippen molar-refractivity contribution >= 4 is 0 Å². The van der Waals surface area contributed by atoms with Gasteiger partial charge >= 0.3 is 0 Å². The molecule has 3 aliphatic carbocycles. The smallest absolute Gasteiger partial charge is 0.0651 e. The van der Waals surface area contributed by atoms with E-state index in [1.165, 1.54) is 43.3 Å². The van der Waals surface area contributed by atoms with Crippen molar-refractivity contribution in [1.29, 1.82) is 0 Å². The summed E-state index contributed by atoms with van der Waals surface area (Å²) < 4.78 is 0. The highest BCUT2D eigenvalue weighted by molar-refractivity contribution is 5.36. The first kappa shape index (κ1) is 23.5. The maximum atomic E-state index is 10.3. The maximum Gasteiger partial charge on any atom is 0.0651 e. The molecule has 3 fully saturated rings. The lowest BCUT2D eigenvalue weighted by Gasteiger charge is -2.44. The van der Waals surface area contributed by atoms with Gasteiger partial charge in [0.15, 0.2) is 0 Å². The van der Waals surface area contributed by atoms with E-state index >= 15 is 0 Å². The average Bonchev–Trinajstić information content (AvgIpc) is 3.03. The molecular formula is C28H44O2. The van der Waals surface area contributed by atoms with Gasteiger partial charge in [-0.05, 0) is 94.0 Å². The molecule has 0 radical (unpaired) electrons. The molecule has 0 aromatic rings. The summed E-state index contributed by atoms with van der Waals surface area (Å²) in [6.45, 7) is 15.0. The molecule has 2 heteroatoms. The van der Waals surface area contributed by atoms with Crippen LogP contribution in [0.15, 0.2) is 47.6 Å². The Hall–Kier alpha value is -1.12. The van der Waals surface area contributed by atoms with Crippen LogP contribution >= 0.6 is 0 Å². The first-order chi connectivity index (χ1) is 14.0. The monoisotopic (exact) mass is 412 g/mol. The van der Waals surface area contributed by atoms with Crippen LogP contribution in [0.1, 0.15) is 86.0 Å². The molecule has 6 atom stereocenters. The summed E-state index contributed by atoms with van der Waals surface area (Å²) in [4.78, 5) is 0. The summed E-state index contributed by atoms with van der Waals surface area (Å²) in [5.41, 5.74) is 3.78. The first-order valence-electron chi connectivity index (χ1n) is 12.2. The van der Waals surface area contributed by atoms with Gasteiger partial charge in [-0.2, -0.15) is 0 Å². The Balaban J connectivity index is 1.75. The molecule has 0 aromatic carbocycles. The van der Waals surface area contributed by atoms with Gasteiger partial charge in [-0.3, -0.25) is 0 Å². The van der Waals surface area contributed by atoms with E-state index in [2.05, 4.69) is 51.7 Å². The summed E-state index contributed by atoms with van der Waals surface area (Å²) in [6, 6.07) is 0. The Kier molecular flexibility index (Phi) is 7.19. The minimum absolute atomic E-state index is 0.164. The summed E-state index contributed by atoms with van der Waals surface area (Å²) >= 11 is 0. The van der Waals surface area contributed by atoms with Gasteiger partial charge in [0.25, 0.3) is 0 Å². The summed E-state index contributed by atoms with van der Waals surface area (Å²) in [5.74, 6) is 2.08. The lowest BCUT2D eigenvalue weighted by Crippen LogP contribution is -2.35. The van der Waals surface area contributed by atoms with Crippen molar-refractivity contribution in [3.63, 3.8) is 0 Å². The van der Waals surface area contributed by atoms with Crippen molar-refractivity contribution in [2.75, 3.05) is 0 Å². The molecule has 3 aliphatic rings. The Morgan fingerprint density at radius 1 is 1.10 bits per heavy atom. The molecule has 3 rings (SSSR count). The number of fused-ring (bicyclic) bond motifs is 1. The Morgan fingerprint density at radius 2 is 1.83 bits per heavy atom. The maximum absolute atomic E-state index is 10.3. The second kappa shape index (κ2) is 9.17. The van der Waals surface area contributed by atoms with E-state index in [1.54, 1.807) is 5.57 Å². The molecule has 2 nitrogen and oxygen atoms in total. The lowest BCUT2D eigenvalue weighted by molar-refractivity contribution is 0.0436. The van der Waals surface area contributed by atoms with Crippen molar-refractivity contribution in [2.45, 2.75) is 97.7 Å². The van der Waals surface area contributed by atoms with E-state index < -0.39 is 5.60 Å². The minimum Gasteiger partial charge on any atom is -0.393 e. The SMILES string of the molecule is C=C1CC[C@H](O)C/C1=C/C=C1\CCC[C@]2(C)[C@@H]([C@H](C)/C=C/[C@@H](C)C(C)(C)O)CC[C@@H]12. The van der Waals surface area contributed by atoms with Gasteiger partial charge in [-0.15, -0.1) is 0 Å². The fourth-order valence-corrected chi connectivity index (χ4v) is 6.25. The van der Waals surface area contributed by atoms with Gasteiger partial charge < -0.3 is 10.2 Å². The van der Waals surface area contributed by atoms with E-state index in [4.69, 9.17) is 0 Å². The third-order valence-electron chi connectivity index (χ3n) is 8.68. The van der Waals surface area contributed by atoms with Crippen molar-refractivity contribution in [3.8, 4) is 0 Å². The molecule has 0 bridgehead atoms. The molecule has 0 spiro atoms. The van der Waals surface area contributed by atoms with Crippen LogP contribution < -0.4 is 0 Å². The van der Waals surface area contributed by atoms with Gasteiger partial charge in [0.1, 0.15) is 0 Å². The van der Waals surface area contributed by atoms with Crippen LogP contribution in [0.4, 0.5) is 0 Å².